The Hall–Kier alpha value is -1.51. The number of rotatable bonds is 4. The van der Waals surface area contributed by atoms with E-state index in [0.717, 1.165) is 6.07 Å². The van der Waals surface area contributed by atoms with Crippen molar-refractivity contribution >= 4 is 16.0 Å². The normalized spacial score (nSPS) is 18.1. The van der Waals surface area contributed by atoms with Gasteiger partial charge in [-0.25, -0.2) is 12.8 Å². The molecule has 0 unspecified atom stereocenters. The summed E-state index contributed by atoms with van der Waals surface area (Å²) in [5.74, 6) is -1.73. The maximum atomic E-state index is 13.6. The fourth-order valence-electron chi connectivity index (χ4n) is 2.11. The highest BCUT2D eigenvalue weighted by molar-refractivity contribution is 7.89. The van der Waals surface area contributed by atoms with E-state index >= 15 is 0 Å². The lowest BCUT2D eigenvalue weighted by Crippen LogP contribution is -2.49. The molecule has 1 heterocycles. The topological polar surface area (TPSA) is 77.9 Å². The molecule has 0 amide bonds. The molecule has 0 saturated carbocycles. The summed E-state index contributed by atoms with van der Waals surface area (Å²) in [6.45, 7) is 0.835. The van der Waals surface area contributed by atoms with Gasteiger partial charge in [0.2, 0.25) is 10.0 Å². The fraction of sp³-hybridized carbons (Fsp3) is 0.417. The zero-order chi connectivity index (χ0) is 14.8. The molecule has 0 atom stereocenters. The zero-order valence-electron chi connectivity index (χ0n) is 10.7. The highest BCUT2D eigenvalue weighted by Crippen LogP contribution is 2.20. The Balaban J connectivity index is 2.10. The number of hydrogen-bond donors (Lipinski definition) is 1. The monoisotopic (exact) mass is 302 g/mol. The maximum Gasteiger partial charge on any atom is 0.317 e. The molecule has 8 heteroatoms. The van der Waals surface area contributed by atoms with Gasteiger partial charge in [-0.15, -0.1) is 0 Å². The van der Waals surface area contributed by atoms with Crippen molar-refractivity contribution in [3.8, 4) is 0 Å². The van der Waals surface area contributed by atoms with Crippen LogP contribution in [0.1, 0.15) is 0 Å². The lowest BCUT2D eigenvalue weighted by atomic mass is 10.3. The van der Waals surface area contributed by atoms with Gasteiger partial charge < -0.3 is 5.11 Å². The van der Waals surface area contributed by atoms with Crippen molar-refractivity contribution in [1.82, 2.24) is 9.21 Å². The highest BCUT2D eigenvalue weighted by Gasteiger charge is 2.30. The smallest absolute Gasteiger partial charge is 0.317 e. The average Bonchev–Trinajstić information content (AvgIpc) is 2.39. The number of nitrogens with zero attached hydrogens (tertiary/aromatic N) is 2. The lowest BCUT2D eigenvalue weighted by Gasteiger charge is -2.33. The van der Waals surface area contributed by atoms with Gasteiger partial charge in [0, 0.05) is 26.2 Å². The number of hydrogen-bond acceptors (Lipinski definition) is 4. The number of carbonyl (C=O) groups is 1. The van der Waals surface area contributed by atoms with E-state index in [2.05, 4.69) is 0 Å². The third-order valence-corrected chi connectivity index (χ3v) is 5.08. The molecule has 1 aromatic rings. The molecule has 0 spiro atoms. The van der Waals surface area contributed by atoms with E-state index in [1.54, 1.807) is 4.90 Å². The summed E-state index contributed by atoms with van der Waals surface area (Å²) in [6, 6.07) is 5.23. The van der Waals surface area contributed by atoms with Crippen LogP contribution in [0.5, 0.6) is 0 Å². The van der Waals surface area contributed by atoms with E-state index in [9.17, 15) is 17.6 Å². The zero-order valence-corrected chi connectivity index (χ0v) is 11.5. The van der Waals surface area contributed by atoms with Gasteiger partial charge in [-0.05, 0) is 12.1 Å². The number of aliphatic carboxylic acids is 1. The Morgan fingerprint density at radius 1 is 1.20 bits per heavy atom. The predicted molar refractivity (Wildman–Crippen MR) is 69.2 cm³/mol. The summed E-state index contributed by atoms with van der Waals surface area (Å²) >= 11 is 0. The van der Waals surface area contributed by atoms with Crippen molar-refractivity contribution in [2.24, 2.45) is 0 Å². The van der Waals surface area contributed by atoms with Crippen LogP contribution in [-0.2, 0) is 14.8 Å². The minimum absolute atomic E-state index is 0.117. The van der Waals surface area contributed by atoms with Gasteiger partial charge in [-0.3, -0.25) is 9.69 Å². The largest absolute Gasteiger partial charge is 0.480 e. The number of sulfonamides is 1. The minimum atomic E-state index is -3.86. The third kappa shape index (κ3) is 3.14. The van der Waals surface area contributed by atoms with Crippen LogP contribution in [-0.4, -0.2) is 61.4 Å². The average molecular weight is 302 g/mol. The fourth-order valence-corrected chi connectivity index (χ4v) is 3.60. The number of benzene rings is 1. The molecule has 110 valence electrons. The molecule has 0 aromatic heterocycles. The second-order valence-corrected chi connectivity index (χ2v) is 6.41. The van der Waals surface area contributed by atoms with Crippen molar-refractivity contribution in [2.45, 2.75) is 4.90 Å². The van der Waals surface area contributed by atoms with E-state index in [1.807, 2.05) is 0 Å². The second kappa shape index (κ2) is 5.86. The van der Waals surface area contributed by atoms with Crippen LogP contribution in [0.3, 0.4) is 0 Å². The summed E-state index contributed by atoms with van der Waals surface area (Å²) in [6.07, 6.45) is 0. The predicted octanol–water partition coefficient (Wildman–Crippen LogP) is 0.217. The van der Waals surface area contributed by atoms with Crippen molar-refractivity contribution in [3.05, 3.63) is 30.1 Å². The molecule has 0 aliphatic carbocycles. The first kappa shape index (κ1) is 14.9. The van der Waals surface area contributed by atoms with E-state index in [-0.39, 0.29) is 24.5 Å². The van der Waals surface area contributed by atoms with Gasteiger partial charge in [-0.1, -0.05) is 12.1 Å². The summed E-state index contributed by atoms with van der Waals surface area (Å²) in [5.41, 5.74) is 0. The van der Waals surface area contributed by atoms with Crippen molar-refractivity contribution in [2.75, 3.05) is 32.7 Å². The van der Waals surface area contributed by atoms with E-state index in [1.165, 1.54) is 22.5 Å². The Labute approximate surface area is 116 Å². The molecule has 1 aliphatic rings. The van der Waals surface area contributed by atoms with Crippen molar-refractivity contribution in [1.29, 1.82) is 0 Å². The maximum absolute atomic E-state index is 13.6. The number of halogens is 1. The van der Waals surface area contributed by atoms with Gasteiger partial charge in [0.1, 0.15) is 10.7 Å². The second-order valence-electron chi connectivity index (χ2n) is 4.50. The molecular weight excluding hydrogens is 287 g/mol. The van der Waals surface area contributed by atoms with Gasteiger partial charge in [0.25, 0.3) is 0 Å². The molecule has 1 fully saturated rings. The summed E-state index contributed by atoms with van der Waals surface area (Å²) in [7, 11) is -3.86. The third-order valence-electron chi connectivity index (χ3n) is 3.14. The molecule has 0 radical (unpaired) electrons. The first-order valence-corrected chi connectivity index (χ1v) is 7.54. The summed E-state index contributed by atoms with van der Waals surface area (Å²) in [5, 5.41) is 8.68. The van der Waals surface area contributed by atoms with Gasteiger partial charge in [0.05, 0.1) is 6.54 Å². The quantitative estimate of drug-likeness (QED) is 0.860. The Morgan fingerprint density at radius 2 is 1.80 bits per heavy atom. The highest BCUT2D eigenvalue weighted by atomic mass is 32.2. The standard InChI is InChI=1S/C12H15FN2O4S/c13-10-3-1-2-4-11(10)20(18,19)15-7-5-14(6-8-15)9-12(16)17/h1-4H,5-9H2,(H,16,17). The summed E-state index contributed by atoms with van der Waals surface area (Å²) in [4.78, 5) is 11.9. The van der Waals surface area contributed by atoms with Crippen LogP contribution < -0.4 is 0 Å². The molecule has 1 N–H and O–H groups in total. The first-order chi connectivity index (χ1) is 9.41. The molecule has 2 rings (SSSR count). The number of piperazine rings is 1. The molecular formula is C12H15FN2O4S. The Morgan fingerprint density at radius 3 is 2.35 bits per heavy atom. The summed E-state index contributed by atoms with van der Waals surface area (Å²) < 4.78 is 39.4. The number of carboxylic acids is 1. The molecule has 0 bridgehead atoms. The lowest BCUT2D eigenvalue weighted by molar-refractivity contribution is -0.138. The van der Waals surface area contributed by atoms with Crippen LogP contribution >= 0.6 is 0 Å². The molecule has 1 aromatic carbocycles. The van der Waals surface area contributed by atoms with E-state index in [0.29, 0.717) is 13.1 Å². The van der Waals surface area contributed by atoms with Crippen LogP contribution in [0.4, 0.5) is 4.39 Å². The van der Waals surface area contributed by atoms with Crippen molar-refractivity contribution in [3.63, 3.8) is 0 Å². The van der Waals surface area contributed by atoms with Gasteiger partial charge in [0.15, 0.2) is 0 Å². The van der Waals surface area contributed by atoms with Gasteiger partial charge >= 0.3 is 5.97 Å². The van der Waals surface area contributed by atoms with Gasteiger partial charge in [-0.2, -0.15) is 4.31 Å². The van der Waals surface area contributed by atoms with Crippen LogP contribution in [0.15, 0.2) is 29.2 Å². The van der Waals surface area contributed by atoms with E-state index in [4.69, 9.17) is 5.11 Å². The van der Waals surface area contributed by atoms with E-state index < -0.39 is 21.8 Å². The molecule has 1 aliphatic heterocycles. The number of carboxylic acid groups (broad SMARTS) is 1. The SMILES string of the molecule is O=C(O)CN1CCN(S(=O)(=O)c2ccccc2F)CC1. The Bertz CT molecular complexity index is 597. The van der Waals surface area contributed by atoms with Crippen LogP contribution in [0, 0.1) is 5.82 Å². The van der Waals surface area contributed by atoms with Crippen LogP contribution in [0.25, 0.3) is 0 Å². The minimum Gasteiger partial charge on any atom is -0.480 e. The van der Waals surface area contributed by atoms with Crippen LogP contribution in [0.2, 0.25) is 0 Å². The molecule has 6 nitrogen and oxygen atoms in total. The first-order valence-electron chi connectivity index (χ1n) is 6.10. The molecule has 1 saturated heterocycles. The van der Waals surface area contributed by atoms with Crippen molar-refractivity contribution < 1.29 is 22.7 Å². The molecule has 20 heavy (non-hydrogen) atoms. The Kier molecular flexibility index (Phi) is 4.36.